The zero-order chi connectivity index (χ0) is 19.0. The molecule has 0 aliphatic heterocycles. The van der Waals surface area contributed by atoms with E-state index < -0.39 is 16.9 Å². The first kappa shape index (κ1) is 18.7. The highest BCUT2D eigenvalue weighted by Crippen LogP contribution is 2.36. The van der Waals surface area contributed by atoms with Gasteiger partial charge in [0.25, 0.3) is 0 Å². The Kier molecular flexibility index (Phi) is 5.24. The second-order valence-electron chi connectivity index (χ2n) is 5.91. The van der Waals surface area contributed by atoms with Crippen molar-refractivity contribution in [1.29, 1.82) is 0 Å². The van der Waals surface area contributed by atoms with Crippen LogP contribution in [0.4, 0.5) is 14.5 Å². The van der Waals surface area contributed by atoms with Gasteiger partial charge in [-0.05, 0) is 45.4 Å². The Morgan fingerprint density at radius 3 is 2.65 bits per heavy atom. The Morgan fingerprint density at radius 1 is 1.23 bits per heavy atom. The maximum atomic E-state index is 13.7. The Hall–Kier alpha value is -2.06. The number of nitrogens with zero attached hydrogens (tertiary/aromatic N) is 2. The highest BCUT2D eigenvalue weighted by molar-refractivity contribution is 8.00. The summed E-state index contributed by atoms with van der Waals surface area (Å²) in [7, 11) is 0. The average molecular weight is 393 g/mol. The Balaban J connectivity index is 1.84. The van der Waals surface area contributed by atoms with Crippen LogP contribution in [0.25, 0.3) is 10.2 Å². The summed E-state index contributed by atoms with van der Waals surface area (Å²) in [6.45, 7) is 7.57. The number of thiophene rings is 1. The van der Waals surface area contributed by atoms with Crippen LogP contribution in [0, 0.1) is 32.4 Å². The summed E-state index contributed by atoms with van der Waals surface area (Å²) in [6.07, 6.45) is 0. The molecule has 8 heteroatoms. The maximum Gasteiger partial charge on any atom is 0.237 e. The molecule has 2 heterocycles. The predicted octanol–water partition coefficient (Wildman–Crippen LogP) is 5.01. The normalized spacial score (nSPS) is 12.4. The summed E-state index contributed by atoms with van der Waals surface area (Å²) >= 11 is 2.90. The number of anilines is 1. The molecule has 3 aromatic rings. The lowest BCUT2D eigenvalue weighted by Gasteiger charge is -2.13. The molecule has 1 N–H and O–H groups in total. The molecule has 26 heavy (non-hydrogen) atoms. The van der Waals surface area contributed by atoms with E-state index in [0.29, 0.717) is 5.82 Å². The monoisotopic (exact) mass is 393 g/mol. The maximum absolute atomic E-state index is 13.7. The van der Waals surface area contributed by atoms with E-state index in [-0.39, 0.29) is 11.6 Å². The molecule has 4 nitrogen and oxygen atoms in total. The Bertz CT molecular complexity index is 1000. The van der Waals surface area contributed by atoms with Crippen molar-refractivity contribution in [2.75, 3.05) is 5.32 Å². The number of hydrogen-bond donors (Lipinski definition) is 1. The lowest BCUT2D eigenvalue weighted by molar-refractivity contribution is -0.115. The van der Waals surface area contributed by atoms with Crippen molar-refractivity contribution in [3.63, 3.8) is 0 Å². The standard InChI is InChI=1S/C18H17F2N3OS2/c1-8-9(2)25-17-15(8)18(22-11(4)21-17)26-10(3)16(24)23-14-6-5-12(19)7-13(14)20/h5-7,10H,1-4H3,(H,23,24). The number of nitrogens with one attached hydrogen (secondary N) is 1. The van der Waals surface area contributed by atoms with E-state index in [4.69, 9.17) is 0 Å². The number of aryl methyl sites for hydroxylation is 3. The minimum Gasteiger partial charge on any atom is -0.323 e. The summed E-state index contributed by atoms with van der Waals surface area (Å²) < 4.78 is 26.7. The lowest BCUT2D eigenvalue weighted by Crippen LogP contribution is -2.23. The van der Waals surface area contributed by atoms with Crippen LogP contribution >= 0.6 is 23.1 Å². The first-order chi connectivity index (χ1) is 12.3. The lowest BCUT2D eigenvalue weighted by atomic mass is 10.2. The Labute approximate surface area is 158 Å². The van der Waals surface area contributed by atoms with Crippen molar-refractivity contribution >= 4 is 44.9 Å². The summed E-state index contributed by atoms with van der Waals surface area (Å²) in [5.41, 5.74) is 1.06. The van der Waals surface area contributed by atoms with Crippen LogP contribution in [0.5, 0.6) is 0 Å². The third-order valence-electron chi connectivity index (χ3n) is 3.95. The van der Waals surface area contributed by atoms with Gasteiger partial charge in [0, 0.05) is 16.3 Å². The number of aromatic nitrogens is 2. The molecule has 1 unspecified atom stereocenters. The first-order valence-corrected chi connectivity index (χ1v) is 9.62. The van der Waals surface area contributed by atoms with Crippen LogP contribution in [0.1, 0.15) is 23.2 Å². The zero-order valence-electron chi connectivity index (χ0n) is 14.7. The van der Waals surface area contributed by atoms with Crippen LogP contribution in [-0.4, -0.2) is 21.1 Å². The molecule has 1 amide bonds. The van der Waals surface area contributed by atoms with Gasteiger partial charge in [-0.2, -0.15) is 0 Å². The number of amides is 1. The van der Waals surface area contributed by atoms with E-state index in [1.165, 1.54) is 17.8 Å². The molecule has 0 spiro atoms. The number of carbonyl (C=O) groups excluding carboxylic acids is 1. The highest BCUT2D eigenvalue weighted by atomic mass is 32.2. The molecule has 2 aromatic heterocycles. The zero-order valence-corrected chi connectivity index (χ0v) is 16.3. The summed E-state index contributed by atoms with van der Waals surface area (Å²) in [6, 6.07) is 3.05. The van der Waals surface area contributed by atoms with Gasteiger partial charge in [0.15, 0.2) is 0 Å². The fourth-order valence-electron chi connectivity index (χ4n) is 2.45. The molecule has 136 valence electrons. The number of halogens is 2. The van der Waals surface area contributed by atoms with Gasteiger partial charge in [-0.15, -0.1) is 11.3 Å². The van der Waals surface area contributed by atoms with E-state index in [1.54, 1.807) is 18.3 Å². The molecule has 0 bridgehead atoms. The van der Waals surface area contributed by atoms with Gasteiger partial charge in [-0.1, -0.05) is 11.8 Å². The van der Waals surface area contributed by atoms with Crippen LogP contribution in [-0.2, 0) is 4.79 Å². The SMILES string of the molecule is Cc1nc(SC(C)C(=O)Nc2ccc(F)cc2F)c2c(C)c(C)sc2n1. The second kappa shape index (κ2) is 7.28. The first-order valence-electron chi connectivity index (χ1n) is 7.93. The van der Waals surface area contributed by atoms with Crippen LogP contribution < -0.4 is 5.32 Å². The van der Waals surface area contributed by atoms with Gasteiger partial charge in [0.2, 0.25) is 5.91 Å². The molecule has 1 aromatic carbocycles. The molecular weight excluding hydrogens is 376 g/mol. The van der Waals surface area contributed by atoms with Crippen molar-refractivity contribution in [2.24, 2.45) is 0 Å². The largest absolute Gasteiger partial charge is 0.323 e. The van der Waals surface area contributed by atoms with E-state index in [2.05, 4.69) is 15.3 Å². The number of fused-ring (bicyclic) bond motifs is 1. The van der Waals surface area contributed by atoms with Crippen molar-refractivity contribution in [1.82, 2.24) is 9.97 Å². The van der Waals surface area contributed by atoms with E-state index in [9.17, 15) is 13.6 Å². The number of hydrogen-bond acceptors (Lipinski definition) is 5. The van der Waals surface area contributed by atoms with Crippen molar-refractivity contribution < 1.29 is 13.6 Å². The van der Waals surface area contributed by atoms with Crippen molar-refractivity contribution in [3.8, 4) is 0 Å². The summed E-state index contributed by atoms with van der Waals surface area (Å²) in [5.74, 6) is -1.24. The molecule has 3 rings (SSSR count). The number of rotatable bonds is 4. The van der Waals surface area contributed by atoms with Crippen molar-refractivity contribution in [2.45, 2.75) is 38.0 Å². The third kappa shape index (κ3) is 3.71. The van der Waals surface area contributed by atoms with Crippen molar-refractivity contribution in [3.05, 3.63) is 46.1 Å². The second-order valence-corrected chi connectivity index (χ2v) is 8.45. The van der Waals surface area contributed by atoms with E-state index >= 15 is 0 Å². The molecule has 0 fully saturated rings. The minimum atomic E-state index is -0.805. The molecular formula is C18H17F2N3OS2. The highest BCUT2D eigenvalue weighted by Gasteiger charge is 2.21. The quantitative estimate of drug-likeness (QED) is 0.500. The molecule has 0 radical (unpaired) electrons. The van der Waals surface area contributed by atoms with E-state index in [1.807, 2.05) is 20.8 Å². The number of carbonyl (C=O) groups is 1. The number of benzene rings is 1. The van der Waals surface area contributed by atoms with Gasteiger partial charge in [-0.25, -0.2) is 18.7 Å². The smallest absolute Gasteiger partial charge is 0.237 e. The fraction of sp³-hybridized carbons (Fsp3) is 0.278. The molecule has 0 aliphatic rings. The van der Waals surface area contributed by atoms with Crippen LogP contribution in [0.15, 0.2) is 23.2 Å². The average Bonchev–Trinajstić information content (AvgIpc) is 2.84. The molecule has 0 saturated heterocycles. The topological polar surface area (TPSA) is 54.9 Å². The Morgan fingerprint density at radius 2 is 1.96 bits per heavy atom. The van der Waals surface area contributed by atoms with Gasteiger partial charge >= 0.3 is 0 Å². The predicted molar refractivity (Wildman–Crippen MR) is 102 cm³/mol. The van der Waals surface area contributed by atoms with E-state index in [0.717, 1.165) is 37.8 Å². The summed E-state index contributed by atoms with van der Waals surface area (Å²) in [5, 5.41) is 3.67. The van der Waals surface area contributed by atoms with Gasteiger partial charge in [0.05, 0.1) is 10.9 Å². The third-order valence-corrected chi connectivity index (χ3v) is 6.14. The molecule has 1 atom stereocenters. The summed E-state index contributed by atoms with van der Waals surface area (Å²) in [4.78, 5) is 23.4. The minimum absolute atomic E-state index is 0.0459. The number of thioether (sulfide) groups is 1. The van der Waals surface area contributed by atoms with Gasteiger partial charge in [0.1, 0.15) is 27.3 Å². The van der Waals surface area contributed by atoms with Gasteiger partial charge < -0.3 is 5.32 Å². The van der Waals surface area contributed by atoms with Crippen LogP contribution in [0.3, 0.4) is 0 Å². The fourth-order valence-corrected chi connectivity index (χ4v) is 4.64. The van der Waals surface area contributed by atoms with Gasteiger partial charge in [-0.3, -0.25) is 4.79 Å². The molecule has 0 saturated carbocycles. The van der Waals surface area contributed by atoms with Crippen LogP contribution in [0.2, 0.25) is 0 Å². The molecule has 0 aliphatic carbocycles.